The lowest BCUT2D eigenvalue weighted by atomic mass is 10.0. The van der Waals surface area contributed by atoms with Gasteiger partial charge < -0.3 is 4.98 Å². The van der Waals surface area contributed by atoms with Crippen LogP contribution in [-0.2, 0) is 0 Å². The predicted octanol–water partition coefficient (Wildman–Crippen LogP) is 6.58. The van der Waals surface area contributed by atoms with Gasteiger partial charge in [0.05, 0.1) is 10.7 Å². The summed E-state index contributed by atoms with van der Waals surface area (Å²) in [5.74, 6) is -0.964. The average Bonchev–Trinajstić information content (AvgIpc) is 2.99. The highest BCUT2D eigenvalue weighted by atomic mass is 32.2. The van der Waals surface area contributed by atoms with Crippen molar-refractivity contribution in [3.8, 4) is 22.4 Å². The molecular weight excluding hydrogens is 376 g/mol. The summed E-state index contributed by atoms with van der Waals surface area (Å²) in [5, 5.41) is -4.46. The molecule has 0 spiro atoms. The minimum atomic E-state index is -4.27. The summed E-state index contributed by atoms with van der Waals surface area (Å²) >= 11 is -0.302. The van der Waals surface area contributed by atoms with Gasteiger partial charge in [0.15, 0.2) is 0 Å². The summed E-state index contributed by atoms with van der Waals surface area (Å²) in [5.41, 5.74) is 1.71. The fraction of sp³-hybridized carbons (Fsp3) is 0.111. The van der Waals surface area contributed by atoms with Crippen LogP contribution in [0.3, 0.4) is 0 Å². The molecule has 0 unspecified atom stereocenters. The van der Waals surface area contributed by atoms with Gasteiger partial charge >= 0.3 is 11.7 Å². The maximum absolute atomic E-state index is 13.4. The summed E-state index contributed by atoms with van der Waals surface area (Å²) in [6.45, 7) is 0. The molecule has 0 saturated heterocycles. The van der Waals surface area contributed by atoms with Crippen LogP contribution in [0.25, 0.3) is 22.4 Å². The summed E-state index contributed by atoms with van der Waals surface area (Å²) in [4.78, 5) is 2.68. The van der Waals surface area contributed by atoms with Gasteiger partial charge in [-0.2, -0.15) is 8.78 Å². The molecule has 0 saturated carbocycles. The molecule has 0 aliphatic carbocycles. The Balaban J connectivity index is 2.08. The van der Waals surface area contributed by atoms with Gasteiger partial charge in [0.2, 0.25) is 0 Å². The van der Waals surface area contributed by atoms with Gasteiger partial charge in [-0.25, -0.2) is 17.6 Å². The molecule has 0 aliphatic rings. The van der Waals surface area contributed by atoms with E-state index >= 15 is 0 Å². The second kappa shape index (κ2) is 7.11. The Kier molecular flexibility index (Phi) is 5.04. The van der Waals surface area contributed by atoms with E-state index in [1.54, 1.807) is 0 Å². The highest BCUT2D eigenvalue weighted by Gasteiger charge is 2.42. The first kappa shape index (κ1) is 18.4. The number of aromatic nitrogens is 1. The Morgan fingerprint density at radius 3 is 1.81 bits per heavy atom. The molecule has 1 aromatic heterocycles. The first-order chi connectivity index (χ1) is 12.3. The molecule has 136 valence electrons. The number of thioether (sulfide) groups is 1. The number of aromatic amines is 1. The molecule has 0 bridgehead atoms. The Labute approximate surface area is 149 Å². The second-order valence-electron chi connectivity index (χ2n) is 5.40. The van der Waals surface area contributed by atoms with Crippen molar-refractivity contribution in [3.63, 3.8) is 0 Å². The number of halogens is 6. The maximum Gasteiger partial charge on any atom is 0.358 e. The lowest BCUT2D eigenvalue weighted by molar-refractivity contribution is -0.0564. The molecular formula is C18H11F6NS. The molecule has 3 rings (SSSR count). The average molecular weight is 387 g/mol. The lowest BCUT2D eigenvalue weighted by Gasteiger charge is -2.12. The minimum absolute atomic E-state index is 0.186. The van der Waals surface area contributed by atoms with Crippen LogP contribution < -0.4 is 0 Å². The van der Waals surface area contributed by atoms with Crippen LogP contribution in [0.1, 0.15) is 0 Å². The zero-order valence-corrected chi connectivity index (χ0v) is 13.8. The van der Waals surface area contributed by atoms with E-state index in [0.717, 1.165) is 0 Å². The second-order valence-corrected chi connectivity index (χ2v) is 6.59. The molecule has 0 aliphatic heterocycles. The van der Waals surface area contributed by atoms with Crippen LogP contribution in [0.5, 0.6) is 0 Å². The van der Waals surface area contributed by atoms with Crippen LogP contribution in [0, 0.1) is 11.6 Å². The van der Waals surface area contributed by atoms with E-state index in [4.69, 9.17) is 0 Å². The van der Waals surface area contributed by atoms with Crippen LogP contribution >= 0.6 is 11.8 Å². The van der Waals surface area contributed by atoms with Gasteiger partial charge in [-0.05, 0) is 65.4 Å². The molecule has 8 heteroatoms. The highest BCUT2D eigenvalue weighted by Crippen LogP contribution is 2.43. The van der Waals surface area contributed by atoms with Crippen molar-refractivity contribution >= 4 is 11.8 Å². The Hall–Kier alpha value is -2.35. The quantitative estimate of drug-likeness (QED) is 0.386. The lowest BCUT2D eigenvalue weighted by Crippen LogP contribution is -2.21. The zero-order chi connectivity index (χ0) is 18.9. The van der Waals surface area contributed by atoms with Crippen molar-refractivity contribution < 1.29 is 26.3 Å². The first-order valence-corrected chi connectivity index (χ1v) is 8.18. The molecule has 1 nitrogen and oxygen atoms in total. The number of alkyl halides is 4. The monoisotopic (exact) mass is 387 g/mol. The number of benzene rings is 2. The third kappa shape index (κ3) is 3.90. The van der Waals surface area contributed by atoms with E-state index in [1.165, 1.54) is 54.6 Å². The van der Waals surface area contributed by atoms with Gasteiger partial charge in [-0.1, -0.05) is 12.1 Å². The van der Waals surface area contributed by atoms with E-state index in [0.29, 0.717) is 22.4 Å². The van der Waals surface area contributed by atoms with Gasteiger partial charge in [-0.15, -0.1) is 0 Å². The fourth-order valence-corrected chi connectivity index (χ4v) is 3.09. The Morgan fingerprint density at radius 1 is 0.808 bits per heavy atom. The molecule has 2 aromatic carbocycles. The van der Waals surface area contributed by atoms with Crippen molar-refractivity contribution in [1.82, 2.24) is 4.98 Å². The molecule has 0 radical (unpaired) electrons. The topological polar surface area (TPSA) is 15.8 Å². The van der Waals surface area contributed by atoms with Gasteiger partial charge in [0, 0.05) is 5.56 Å². The smallest absolute Gasteiger partial charge is 0.349 e. The van der Waals surface area contributed by atoms with Gasteiger partial charge in [-0.3, -0.25) is 0 Å². The number of hydrogen-bond donors (Lipinski definition) is 1. The summed E-state index contributed by atoms with van der Waals surface area (Å²) < 4.78 is 78.0. The van der Waals surface area contributed by atoms with E-state index in [2.05, 4.69) is 4.98 Å². The van der Waals surface area contributed by atoms with Crippen molar-refractivity contribution in [1.29, 1.82) is 0 Å². The third-order valence-electron chi connectivity index (χ3n) is 3.58. The van der Waals surface area contributed by atoms with Crippen LogP contribution in [0.2, 0.25) is 0 Å². The van der Waals surface area contributed by atoms with Gasteiger partial charge in [0.1, 0.15) is 11.6 Å². The van der Waals surface area contributed by atoms with Crippen molar-refractivity contribution in [2.75, 3.05) is 0 Å². The Bertz CT molecular complexity index is 824. The largest absolute Gasteiger partial charge is 0.358 e. The molecule has 1 N–H and O–H groups in total. The number of rotatable bonds is 5. The molecule has 0 atom stereocenters. The standard InChI is InChI=1S/C18H11F6NS/c19-12-5-1-10(2-6-12)14-9-15(26-18(23,24)17(21)22)25-16(14)11-3-7-13(20)8-4-11/h1-9,17,25H. The molecule has 3 aromatic rings. The van der Waals surface area contributed by atoms with Crippen LogP contribution in [0.4, 0.5) is 26.3 Å². The molecule has 0 fully saturated rings. The maximum atomic E-state index is 13.4. The van der Waals surface area contributed by atoms with E-state index in [1.807, 2.05) is 0 Å². The number of H-pyrrole nitrogens is 1. The minimum Gasteiger partial charge on any atom is -0.349 e. The molecule has 26 heavy (non-hydrogen) atoms. The van der Waals surface area contributed by atoms with E-state index in [9.17, 15) is 26.3 Å². The molecule has 1 heterocycles. The summed E-state index contributed by atoms with van der Waals surface area (Å²) in [6.07, 6.45) is -3.83. The third-order valence-corrected chi connectivity index (χ3v) is 4.47. The fourth-order valence-electron chi connectivity index (χ4n) is 2.38. The normalized spacial score (nSPS) is 12.0. The van der Waals surface area contributed by atoms with Crippen LogP contribution in [-0.4, -0.2) is 16.7 Å². The van der Waals surface area contributed by atoms with Crippen molar-refractivity contribution in [3.05, 3.63) is 66.2 Å². The first-order valence-electron chi connectivity index (χ1n) is 7.36. The molecule has 0 amide bonds. The SMILES string of the molecule is Fc1ccc(-c2cc(SC(F)(F)C(F)F)[nH]c2-c2ccc(F)cc2)cc1. The van der Waals surface area contributed by atoms with E-state index < -0.39 is 23.3 Å². The number of nitrogens with one attached hydrogen (secondary N) is 1. The summed E-state index contributed by atoms with van der Waals surface area (Å²) in [6, 6.07) is 11.8. The summed E-state index contributed by atoms with van der Waals surface area (Å²) in [7, 11) is 0. The Morgan fingerprint density at radius 2 is 1.31 bits per heavy atom. The van der Waals surface area contributed by atoms with Crippen LogP contribution in [0.15, 0.2) is 59.6 Å². The van der Waals surface area contributed by atoms with Crippen molar-refractivity contribution in [2.45, 2.75) is 16.7 Å². The van der Waals surface area contributed by atoms with Gasteiger partial charge in [0.25, 0.3) is 0 Å². The van der Waals surface area contributed by atoms with E-state index in [-0.39, 0.29) is 16.8 Å². The zero-order valence-electron chi connectivity index (χ0n) is 12.9. The van der Waals surface area contributed by atoms with Crippen molar-refractivity contribution in [2.24, 2.45) is 0 Å². The highest BCUT2D eigenvalue weighted by molar-refractivity contribution is 8.00. The predicted molar refractivity (Wildman–Crippen MR) is 88.4 cm³/mol. The number of hydrogen-bond acceptors (Lipinski definition) is 1.